The lowest BCUT2D eigenvalue weighted by atomic mass is 10.0. The SMILES string of the molecule is CCC(NC1CCN(c2nc3ccccc3[nH]2)CC1)c1ccc(OC)cn1. The fraction of sp³-hybridized carbons (Fsp3) is 0.429. The number of aromatic amines is 1. The number of fused-ring (bicyclic) bond motifs is 1. The van der Waals surface area contributed by atoms with E-state index in [-0.39, 0.29) is 6.04 Å². The third-order valence-electron chi connectivity index (χ3n) is 5.37. The van der Waals surface area contributed by atoms with Crippen LogP contribution < -0.4 is 15.0 Å². The molecule has 4 rings (SSSR count). The minimum absolute atomic E-state index is 0.277. The number of nitrogens with zero attached hydrogens (tertiary/aromatic N) is 3. The van der Waals surface area contributed by atoms with Crippen LogP contribution in [-0.2, 0) is 0 Å². The minimum Gasteiger partial charge on any atom is -0.495 e. The first kappa shape index (κ1) is 17.8. The van der Waals surface area contributed by atoms with E-state index in [4.69, 9.17) is 9.72 Å². The molecule has 0 spiro atoms. The van der Waals surface area contributed by atoms with Gasteiger partial charge in [0.2, 0.25) is 5.95 Å². The molecule has 1 unspecified atom stereocenters. The molecular weight excluding hydrogens is 338 g/mol. The minimum atomic E-state index is 0.277. The van der Waals surface area contributed by atoms with Gasteiger partial charge in [-0.1, -0.05) is 19.1 Å². The largest absolute Gasteiger partial charge is 0.495 e. The maximum Gasteiger partial charge on any atom is 0.203 e. The number of rotatable bonds is 6. The summed E-state index contributed by atoms with van der Waals surface area (Å²) in [7, 11) is 1.67. The van der Waals surface area contributed by atoms with Crippen molar-refractivity contribution in [2.45, 2.75) is 38.3 Å². The molecule has 1 aliphatic rings. The number of pyridine rings is 1. The van der Waals surface area contributed by atoms with E-state index in [0.29, 0.717) is 6.04 Å². The van der Waals surface area contributed by atoms with Gasteiger partial charge in [0, 0.05) is 25.2 Å². The van der Waals surface area contributed by atoms with Crippen molar-refractivity contribution in [3.8, 4) is 5.75 Å². The summed E-state index contributed by atoms with van der Waals surface area (Å²) in [6, 6.07) is 13.0. The fourth-order valence-corrected chi connectivity index (χ4v) is 3.76. The summed E-state index contributed by atoms with van der Waals surface area (Å²) in [6.07, 6.45) is 5.01. The Labute approximate surface area is 160 Å². The van der Waals surface area contributed by atoms with E-state index in [2.05, 4.69) is 45.3 Å². The first-order chi connectivity index (χ1) is 13.3. The van der Waals surface area contributed by atoms with Crippen molar-refractivity contribution in [3.05, 3.63) is 48.3 Å². The molecule has 0 aliphatic carbocycles. The van der Waals surface area contributed by atoms with E-state index in [9.17, 15) is 0 Å². The molecule has 2 aromatic heterocycles. The summed E-state index contributed by atoms with van der Waals surface area (Å²) in [5, 5.41) is 3.80. The maximum atomic E-state index is 5.21. The van der Waals surface area contributed by atoms with E-state index in [0.717, 1.165) is 60.8 Å². The van der Waals surface area contributed by atoms with Gasteiger partial charge in [0.25, 0.3) is 0 Å². The summed E-state index contributed by atoms with van der Waals surface area (Å²) in [5.41, 5.74) is 3.21. The second kappa shape index (κ2) is 7.96. The van der Waals surface area contributed by atoms with Crippen molar-refractivity contribution in [2.75, 3.05) is 25.1 Å². The molecule has 1 aromatic carbocycles. The quantitative estimate of drug-likeness (QED) is 0.698. The second-order valence-electron chi connectivity index (χ2n) is 7.09. The predicted octanol–water partition coefficient (Wildman–Crippen LogP) is 3.68. The van der Waals surface area contributed by atoms with Gasteiger partial charge in [-0.2, -0.15) is 0 Å². The van der Waals surface area contributed by atoms with Gasteiger partial charge in [-0.05, 0) is 43.5 Å². The molecule has 1 saturated heterocycles. The number of piperidine rings is 1. The van der Waals surface area contributed by atoms with Crippen LogP contribution in [0.5, 0.6) is 5.75 Å². The average molecular weight is 365 g/mol. The lowest BCUT2D eigenvalue weighted by Gasteiger charge is -2.34. The third-order valence-corrected chi connectivity index (χ3v) is 5.37. The number of nitrogens with one attached hydrogen (secondary N) is 2. The Kier molecular flexibility index (Phi) is 5.25. The zero-order valence-corrected chi connectivity index (χ0v) is 16.0. The van der Waals surface area contributed by atoms with Crippen LogP contribution in [0, 0.1) is 0 Å². The molecule has 0 radical (unpaired) electrons. The number of ether oxygens (including phenoxy) is 1. The highest BCUT2D eigenvalue weighted by Crippen LogP contribution is 2.23. The van der Waals surface area contributed by atoms with Crippen LogP contribution in [0.15, 0.2) is 42.6 Å². The van der Waals surface area contributed by atoms with Gasteiger partial charge >= 0.3 is 0 Å². The summed E-state index contributed by atoms with van der Waals surface area (Å²) in [5.74, 6) is 1.78. The summed E-state index contributed by atoms with van der Waals surface area (Å²) in [4.78, 5) is 15.1. The Morgan fingerprint density at radius 2 is 2.04 bits per heavy atom. The zero-order chi connectivity index (χ0) is 18.6. The number of anilines is 1. The first-order valence-electron chi connectivity index (χ1n) is 9.72. The summed E-state index contributed by atoms with van der Waals surface area (Å²) < 4.78 is 5.21. The first-order valence-corrected chi connectivity index (χ1v) is 9.72. The van der Waals surface area contributed by atoms with Crippen LogP contribution in [0.4, 0.5) is 5.95 Å². The number of benzene rings is 1. The molecule has 1 fully saturated rings. The Morgan fingerprint density at radius 3 is 2.70 bits per heavy atom. The highest BCUT2D eigenvalue weighted by atomic mass is 16.5. The van der Waals surface area contributed by atoms with Crippen LogP contribution in [0.2, 0.25) is 0 Å². The molecule has 1 aliphatic heterocycles. The Morgan fingerprint density at radius 1 is 1.22 bits per heavy atom. The number of aromatic nitrogens is 3. The van der Waals surface area contributed by atoms with Gasteiger partial charge in [-0.3, -0.25) is 4.98 Å². The molecule has 0 saturated carbocycles. The standard InChI is InChI=1S/C21H27N5O/c1-3-17(18-9-8-16(27-2)14-22-18)23-15-10-12-26(13-11-15)21-24-19-6-4-5-7-20(19)25-21/h4-9,14-15,17,23H,3,10-13H2,1-2H3,(H,24,25). The van der Waals surface area contributed by atoms with Crippen molar-refractivity contribution in [1.29, 1.82) is 0 Å². The van der Waals surface area contributed by atoms with Gasteiger partial charge in [0.15, 0.2) is 0 Å². The normalized spacial score (nSPS) is 16.6. The van der Waals surface area contributed by atoms with E-state index < -0.39 is 0 Å². The van der Waals surface area contributed by atoms with Gasteiger partial charge in [0.05, 0.1) is 30.0 Å². The number of imidazole rings is 1. The molecule has 3 heterocycles. The summed E-state index contributed by atoms with van der Waals surface area (Å²) >= 11 is 0. The molecule has 3 aromatic rings. The second-order valence-corrected chi connectivity index (χ2v) is 7.09. The van der Waals surface area contributed by atoms with Crippen LogP contribution in [0.1, 0.15) is 37.9 Å². The van der Waals surface area contributed by atoms with Crippen LogP contribution in [-0.4, -0.2) is 41.2 Å². The maximum absolute atomic E-state index is 5.21. The highest BCUT2D eigenvalue weighted by molar-refractivity contribution is 5.77. The number of hydrogen-bond donors (Lipinski definition) is 2. The van der Waals surface area contributed by atoms with E-state index in [1.165, 1.54) is 0 Å². The van der Waals surface area contributed by atoms with Crippen LogP contribution in [0.25, 0.3) is 11.0 Å². The fourth-order valence-electron chi connectivity index (χ4n) is 3.76. The molecule has 27 heavy (non-hydrogen) atoms. The van der Waals surface area contributed by atoms with E-state index >= 15 is 0 Å². The van der Waals surface area contributed by atoms with Crippen LogP contribution in [0.3, 0.4) is 0 Å². The Balaban J connectivity index is 1.36. The van der Waals surface area contributed by atoms with Crippen molar-refractivity contribution >= 4 is 17.0 Å². The lowest BCUT2D eigenvalue weighted by molar-refractivity contribution is 0.358. The van der Waals surface area contributed by atoms with Crippen molar-refractivity contribution < 1.29 is 4.74 Å². The van der Waals surface area contributed by atoms with E-state index in [1.807, 2.05) is 18.2 Å². The molecule has 6 nitrogen and oxygen atoms in total. The third kappa shape index (κ3) is 3.90. The molecule has 1 atom stereocenters. The molecule has 142 valence electrons. The monoisotopic (exact) mass is 365 g/mol. The van der Waals surface area contributed by atoms with Crippen molar-refractivity contribution in [3.63, 3.8) is 0 Å². The van der Waals surface area contributed by atoms with Crippen LogP contribution >= 0.6 is 0 Å². The Bertz CT molecular complexity index is 835. The molecule has 2 N–H and O–H groups in total. The number of H-pyrrole nitrogens is 1. The van der Waals surface area contributed by atoms with Gasteiger partial charge in [-0.15, -0.1) is 0 Å². The number of methoxy groups -OCH3 is 1. The number of para-hydroxylation sites is 2. The van der Waals surface area contributed by atoms with Gasteiger partial charge < -0.3 is 19.9 Å². The number of hydrogen-bond acceptors (Lipinski definition) is 5. The van der Waals surface area contributed by atoms with E-state index in [1.54, 1.807) is 13.3 Å². The molecule has 0 amide bonds. The average Bonchev–Trinajstić information content (AvgIpc) is 3.17. The lowest BCUT2D eigenvalue weighted by Crippen LogP contribution is -2.44. The highest BCUT2D eigenvalue weighted by Gasteiger charge is 2.24. The summed E-state index contributed by atoms with van der Waals surface area (Å²) in [6.45, 7) is 4.21. The molecule has 0 bridgehead atoms. The molecule has 6 heteroatoms. The van der Waals surface area contributed by atoms with Gasteiger partial charge in [0.1, 0.15) is 5.75 Å². The van der Waals surface area contributed by atoms with Gasteiger partial charge in [-0.25, -0.2) is 4.98 Å². The Hall–Kier alpha value is -2.60. The topological polar surface area (TPSA) is 66.1 Å². The molecular formula is C21H27N5O. The van der Waals surface area contributed by atoms with Crippen molar-refractivity contribution in [1.82, 2.24) is 20.3 Å². The van der Waals surface area contributed by atoms with Crippen molar-refractivity contribution in [2.24, 2.45) is 0 Å². The zero-order valence-electron chi connectivity index (χ0n) is 16.0. The predicted molar refractivity (Wildman–Crippen MR) is 108 cm³/mol. The smallest absolute Gasteiger partial charge is 0.203 e.